The van der Waals surface area contributed by atoms with Crippen LogP contribution in [-0.4, -0.2) is 33.1 Å². The minimum atomic E-state index is -0.489. The molecule has 25 heavy (non-hydrogen) atoms. The predicted octanol–water partition coefficient (Wildman–Crippen LogP) is 4.70. The van der Waals surface area contributed by atoms with Crippen LogP contribution in [-0.2, 0) is 10.3 Å². The smallest absolute Gasteiger partial charge is 0.411 e. The molecule has 5 nitrogen and oxygen atoms in total. The summed E-state index contributed by atoms with van der Waals surface area (Å²) in [4.78, 5) is 22.6. The van der Waals surface area contributed by atoms with Gasteiger partial charge in [-0.05, 0) is 57.2 Å². The fourth-order valence-electron chi connectivity index (χ4n) is 3.78. The minimum absolute atomic E-state index is 0.242. The Morgan fingerprint density at radius 1 is 1.36 bits per heavy atom. The van der Waals surface area contributed by atoms with Crippen molar-refractivity contribution in [1.29, 1.82) is 0 Å². The van der Waals surface area contributed by atoms with Gasteiger partial charge in [-0.1, -0.05) is 28.1 Å². The third kappa shape index (κ3) is 2.86. The van der Waals surface area contributed by atoms with Gasteiger partial charge in [-0.3, -0.25) is 4.90 Å². The number of aromatic amines is 1. The van der Waals surface area contributed by atoms with Crippen molar-refractivity contribution in [3.63, 3.8) is 0 Å². The second-order valence-electron chi connectivity index (χ2n) is 7.90. The molecule has 6 heteroatoms. The van der Waals surface area contributed by atoms with Gasteiger partial charge in [-0.15, -0.1) is 0 Å². The van der Waals surface area contributed by atoms with E-state index in [2.05, 4.69) is 25.9 Å². The van der Waals surface area contributed by atoms with E-state index in [0.717, 1.165) is 40.9 Å². The first-order chi connectivity index (χ1) is 11.8. The Morgan fingerprint density at radius 3 is 2.72 bits per heavy atom. The molecule has 1 aliphatic carbocycles. The number of nitrogens with zero attached hydrogens (tertiary/aromatic N) is 2. The molecule has 0 radical (unpaired) electrons. The van der Waals surface area contributed by atoms with Crippen molar-refractivity contribution in [2.75, 3.05) is 6.54 Å². The van der Waals surface area contributed by atoms with E-state index in [0.29, 0.717) is 5.92 Å². The number of aromatic nitrogens is 2. The van der Waals surface area contributed by atoms with E-state index >= 15 is 0 Å². The van der Waals surface area contributed by atoms with Crippen LogP contribution in [0.5, 0.6) is 0 Å². The average molecular weight is 404 g/mol. The lowest BCUT2D eigenvalue weighted by atomic mass is 10.2. The number of carbonyl (C=O) groups is 1. The normalized spacial score (nSPS) is 25.0. The number of carbonyl (C=O) groups excluding carboxylic acids is 1. The fraction of sp³-hybridized carbons (Fsp3) is 0.474. The summed E-state index contributed by atoms with van der Waals surface area (Å²) in [6.45, 7) is 6.43. The van der Waals surface area contributed by atoms with Crippen molar-refractivity contribution in [1.82, 2.24) is 14.9 Å². The zero-order valence-electron chi connectivity index (χ0n) is 14.7. The molecule has 2 aliphatic rings. The monoisotopic (exact) mass is 403 g/mol. The molecule has 2 aromatic rings. The van der Waals surface area contributed by atoms with E-state index in [1.165, 1.54) is 0 Å². The van der Waals surface area contributed by atoms with E-state index < -0.39 is 5.60 Å². The quantitative estimate of drug-likeness (QED) is 0.790. The molecule has 132 valence electrons. The Bertz CT molecular complexity index is 809. The molecule has 2 atom stereocenters. The summed E-state index contributed by atoms with van der Waals surface area (Å²) in [6.07, 6.45) is 3.58. The van der Waals surface area contributed by atoms with Gasteiger partial charge in [-0.2, -0.15) is 0 Å². The second kappa shape index (κ2) is 5.59. The molecule has 0 bridgehead atoms. The number of fused-ring (bicyclic) bond motifs is 1. The number of amides is 1. The number of benzene rings is 1. The summed E-state index contributed by atoms with van der Waals surface area (Å²) in [5, 5.41) is 0. The molecular weight excluding hydrogens is 382 g/mol. The zero-order chi connectivity index (χ0) is 17.8. The maximum absolute atomic E-state index is 12.6. The number of H-pyrrole nitrogens is 1. The molecule has 1 amide bonds. The lowest BCUT2D eigenvalue weighted by Crippen LogP contribution is -2.42. The maximum Gasteiger partial charge on any atom is 0.411 e. The number of hydrogen-bond donors (Lipinski definition) is 1. The van der Waals surface area contributed by atoms with Gasteiger partial charge in [0.25, 0.3) is 0 Å². The molecule has 0 spiro atoms. The summed E-state index contributed by atoms with van der Waals surface area (Å²) in [5.41, 5.74) is 1.25. The second-order valence-corrected chi connectivity index (χ2v) is 8.81. The molecule has 1 aromatic carbocycles. The maximum atomic E-state index is 12.6. The number of imidazole rings is 1. The predicted molar refractivity (Wildman–Crippen MR) is 99.1 cm³/mol. The van der Waals surface area contributed by atoms with Gasteiger partial charge >= 0.3 is 6.09 Å². The number of ether oxygens (including phenoxy) is 1. The minimum Gasteiger partial charge on any atom is -0.444 e. The van der Waals surface area contributed by atoms with Crippen molar-refractivity contribution in [3.8, 4) is 11.3 Å². The lowest BCUT2D eigenvalue weighted by molar-refractivity contribution is 0.0162. The number of likely N-dealkylation sites (tertiary alicyclic amines) is 1. The van der Waals surface area contributed by atoms with Crippen molar-refractivity contribution in [3.05, 3.63) is 40.8 Å². The molecule has 1 saturated heterocycles. The standard InChI is InChI=1S/C19H22BrN3O2/c1-18(2,3)25-17(24)23-9-8-13-10-19(13,23)16-21-11-15(22-16)12-4-6-14(20)7-5-12/h4-7,11,13H,8-10H2,1-3H3,(H,21,22). The summed E-state index contributed by atoms with van der Waals surface area (Å²) in [6, 6.07) is 8.11. The fourth-order valence-corrected chi connectivity index (χ4v) is 4.04. The number of rotatable bonds is 2. The van der Waals surface area contributed by atoms with Crippen LogP contribution in [0.15, 0.2) is 34.9 Å². The Hall–Kier alpha value is -1.82. The SMILES string of the molecule is CC(C)(C)OC(=O)N1CCC2CC21c1ncc(-c2ccc(Br)cc2)[nH]1. The average Bonchev–Trinajstić information content (AvgIpc) is 2.93. The molecule has 1 saturated carbocycles. The Morgan fingerprint density at radius 2 is 2.08 bits per heavy atom. The lowest BCUT2D eigenvalue weighted by Gasteiger charge is -2.30. The first kappa shape index (κ1) is 16.6. The van der Waals surface area contributed by atoms with Gasteiger partial charge in [0.1, 0.15) is 17.0 Å². The van der Waals surface area contributed by atoms with Crippen LogP contribution < -0.4 is 0 Å². The van der Waals surface area contributed by atoms with Crippen molar-refractivity contribution < 1.29 is 9.53 Å². The van der Waals surface area contributed by atoms with Crippen molar-refractivity contribution in [2.45, 2.75) is 44.8 Å². The van der Waals surface area contributed by atoms with Gasteiger partial charge in [-0.25, -0.2) is 9.78 Å². The van der Waals surface area contributed by atoms with Crippen LogP contribution >= 0.6 is 15.9 Å². The number of piperidine rings is 1. The summed E-state index contributed by atoms with van der Waals surface area (Å²) < 4.78 is 6.66. The molecule has 2 fully saturated rings. The highest BCUT2D eigenvalue weighted by Gasteiger charge is 2.67. The third-order valence-electron chi connectivity index (χ3n) is 5.01. The highest BCUT2D eigenvalue weighted by molar-refractivity contribution is 9.10. The first-order valence-corrected chi connectivity index (χ1v) is 9.41. The van der Waals surface area contributed by atoms with Gasteiger partial charge in [0.2, 0.25) is 0 Å². The van der Waals surface area contributed by atoms with E-state index in [4.69, 9.17) is 4.74 Å². The number of hydrogen-bond acceptors (Lipinski definition) is 3. The van der Waals surface area contributed by atoms with Gasteiger partial charge in [0, 0.05) is 11.0 Å². The van der Waals surface area contributed by atoms with Gasteiger partial charge in [0.05, 0.1) is 11.9 Å². The third-order valence-corrected chi connectivity index (χ3v) is 5.54. The van der Waals surface area contributed by atoms with E-state index in [1.807, 2.05) is 56.1 Å². The molecule has 1 N–H and O–H groups in total. The Balaban J connectivity index is 1.61. The summed E-state index contributed by atoms with van der Waals surface area (Å²) >= 11 is 3.46. The molecule has 4 rings (SSSR count). The molecule has 1 aromatic heterocycles. The van der Waals surface area contributed by atoms with Crippen molar-refractivity contribution in [2.24, 2.45) is 5.92 Å². The first-order valence-electron chi connectivity index (χ1n) is 8.62. The zero-order valence-corrected chi connectivity index (χ0v) is 16.3. The Kier molecular flexibility index (Phi) is 3.72. The van der Waals surface area contributed by atoms with Crippen LogP contribution in [0.1, 0.15) is 39.4 Å². The molecule has 2 unspecified atom stereocenters. The van der Waals surface area contributed by atoms with Crippen LogP contribution in [0.2, 0.25) is 0 Å². The van der Waals surface area contributed by atoms with Crippen LogP contribution in [0.4, 0.5) is 4.79 Å². The van der Waals surface area contributed by atoms with Crippen LogP contribution in [0.3, 0.4) is 0 Å². The largest absolute Gasteiger partial charge is 0.444 e. The number of nitrogens with one attached hydrogen (secondary N) is 1. The van der Waals surface area contributed by atoms with E-state index in [9.17, 15) is 4.79 Å². The Labute approximate surface area is 155 Å². The van der Waals surface area contributed by atoms with Crippen LogP contribution in [0, 0.1) is 5.92 Å². The summed E-state index contributed by atoms with van der Waals surface area (Å²) in [7, 11) is 0. The van der Waals surface area contributed by atoms with Gasteiger partial charge in [0.15, 0.2) is 0 Å². The topological polar surface area (TPSA) is 58.2 Å². The molecule has 2 heterocycles. The van der Waals surface area contributed by atoms with E-state index in [1.54, 1.807) is 0 Å². The van der Waals surface area contributed by atoms with Gasteiger partial charge < -0.3 is 9.72 Å². The van der Waals surface area contributed by atoms with Crippen molar-refractivity contribution >= 4 is 22.0 Å². The highest BCUT2D eigenvalue weighted by Crippen LogP contribution is 2.62. The van der Waals surface area contributed by atoms with E-state index in [-0.39, 0.29) is 11.6 Å². The highest BCUT2D eigenvalue weighted by atomic mass is 79.9. The van der Waals surface area contributed by atoms with Crippen LogP contribution in [0.25, 0.3) is 11.3 Å². The molecular formula is C19H22BrN3O2. The number of halogens is 1. The summed E-state index contributed by atoms with van der Waals surface area (Å²) in [5.74, 6) is 1.35. The molecule has 1 aliphatic heterocycles.